The summed E-state index contributed by atoms with van der Waals surface area (Å²) < 4.78 is 6.31. The predicted molar refractivity (Wildman–Crippen MR) is 197 cm³/mol. The average molecular weight is 629 g/mol. The molecule has 4 heterocycles. The fourth-order valence-corrected chi connectivity index (χ4v) is 6.43. The lowest BCUT2D eigenvalue weighted by atomic mass is 10.1. The van der Waals surface area contributed by atoms with Crippen molar-refractivity contribution in [1.82, 2.24) is 29.9 Å². The van der Waals surface area contributed by atoms with Crippen molar-refractivity contribution in [2.75, 3.05) is 0 Å². The minimum atomic E-state index is 0.583. The van der Waals surface area contributed by atoms with Crippen molar-refractivity contribution in [2.24, 2.45) is 0 Å². The van der Waals surface area contributed by atoms with E-state index in [0.29, 0.717) is 34.2 Å². The van der Waals surface area contributed by atoms with E-state index >= 15 is 0 Å². The molecule has 0 aliphatic rings. The van der Waals surface area contributed by atoms with Crippen LogP contribution in [0.5, 0.6) is 0 Å². The van der Waals surface area contributed by atoms with Gasteiger partial charge in [0, 0.05) is 43.4 Å². The number of hydrogen-bond acceptors (Lipinski definition) is 7. The van der Waals surface area contributed by atoms with E-state index < -0.39 is 0 Å². The van der Waals surface area contributed by atoms with E-state index in [4.69, 9.17) is 34.3 Å². The molecule has 0 unspecified atom stereocenters. The van der Waals surface area contributed by atoms with Crippen LogP contribution in [0.15, 0.2) is 150 Å². The maximum absolute atomic E-state index is 6.31. The molecule has 49 heavy (non-hydrogen) atoms. The van der Waals surface area contributed by atoms with Crippen LogP contribution in [0.25, 0.3) is 99.6 Å². The van der Waals surface area contributed by atoms with Crippen molar-refractivity contribution in [3.05, 3.63) is 146 Å². The second kappa shape index (κ2) is 10.9. The molecule has 0 saturated heterocycles. The first-order valence-corrected chi connectivity index (χ1v) is 16.0. The monoisotopic (exact) mass is 628 g/mol. The maximum atomic E-state index is 6.31. The molecule has 228 valence electrons. The van der Waals surface area contributed by atoms with Crippen LogP contribution < -0.4 is 0 Å². The van der Waals surface area contributed by atoms with Gasteiger partial charge in [0.15, 0.2) is 34.2 Å². The Labute approximate surface area is 278 Å². The number of benzene rings is 6. The van der Waals surface area contributed by atoms with Crippen LogP contribution in [0.4, 0.5) is 0 Å². The summed E-state index contributed by atoms with van der Waals surface area (Å²) in [7, 11) is 0. The molecular formula is C42H24N6O. The Kier molecular flexibility index (Phi) is 6.04. The number of hydrogen-bond donors (Lipinski definition) is 0. The third kappa shape index (κ3) is 4.75. The van der Waals surface area contributed by atoms with Crippen LogP contribution in [-0.2, 0) is 0 Å². The Morgan fingerprint density at radius 2 is 0.694 bits per heavy atom. The summed E-state index contributed by atoms with van der Waals surface area (Å²) in [6.07, 6.45) is 0. The van der Waals surface area contributed by atoms with Crippen molar-refractivity contribution in [1.29, 1.82) is 0 Å². The number of rotatable bonds is 2. The summed E-state index contributed by atoms with van der Waals surface area (Å²) in [6, 6.07) is 48.8. The molecule has 0 atom stereocenters. The summed E-state index contributed by atoms with van der Waals surface area (Å²) in [4.78, 5) is 30.0. The van der Waals surface area contributed by atoms with Gasteiger partial charge in [0.1, 0.15) is 11.2 Å². The van der Waals surface area contributed by atoms with Crippen LogP contribution >= 0.6 is 0 Å². The second-order valence-corrected chi connectivity index (χ2v) is 12.0. The maximum Gasteiger partial charge on any atom is 0.164 e. The molecule has 0 aliphatic carbocycles. The molecular weight excluding hydrogens is 605 g/mol. The summed E-state index contributed by atoms with van der Waals surface area (Å²) in [5.74, 6) is 1.22. The largest absolute Gasteiger partial charge is 0.456 e. The third-order valence-electron chi connectivity index (χ3n) is 8.90. The van der Waals surface area contributed by atoms with E-state index in [1.165, 1.54) is 0 Å². The molecule has 7 heteroatoms. The fourth-order valence-electron chi connectivity index (χ4n) is 6.43. The normalized spacial score (nSPS) is 11.7. The number of furan rings is 1. The minimum absolute atomic E-state index is 0.583. The van der Waals surface area contributed by atoms with Gasteiger partial charge in [0.2, 0.25) is 0 Å². The summed E-state index contributed by atoms with van der Waals surface area (Å²) >= 11 is 0. The van der Waals surface area contributed by atoms with Crippen molar-refractivity contribution < 1.29 is 4.42 Å². The molecule has 10 rings (SSSR count). The first-order chi connectivity index (χ1) is 24.2. The van der Waals surface area contributed by atoms with E-state index in [-0.39, 0.29) is 0 Å². The highest BCUT2D eigenvalue weighted by atomic mass is 16.3. The Hall–Kier alpha value is -6.86. The highest BCUT2D eigenvalue weighted by Crippen LogP contribution is 2.33. The lowest BCUT2D eigenvalue weighted by Gasteiger charge is -2.04. The number of aromatic nitrogens is 6. The van der Waals surface area contributed by atoms with Crippen LogP contribution in [0, 0.1) is 0 Å². The minimum Gasteiger partial charge on any atom is -0.456 e. The molecule has 0 radical (unpaired) electrons. The molecule has 6 aromatic carbocycles. The lowest BCUT2D eigenvalue weighted by Crippen LogP contribution is -1.94. The van der Waals surface area contributed by atoms with E-state index in [9.17, 15) is 0 Å². The van der Waals surface area contributed by atoms with Crippen LogP contribution in [0.2, 0.25) is 0 Å². The summed E-state index contributed by atoms with van der Waals surface area (Å²) in [5, 5.41) is 7.45. The Morgan fingerprint density at radius 3 is 1.12 bits per heavy atom. The van der Waals surface area contributed by atoms with Gasteiger partial charge in [-0.2, -0.15) is 0 Å². The van der Waals surface area contributed by atoms with Gasteiger partial charge in [-0.3, -0.25) is 0 Å². The number of fused-ring (bicyclic) bond motifs is 15. The van der Waals surface area contributed by atoms with Gasteiger partial charge in [-0.25, -0.2) is 29.9 Å². The molecule has 0 spiro atoms. The van der Waals surface area contributed by atoms with Crippen molar-refractivity contribution in [3.63, 3.8) is 0 Å². The van der Waals surface area contributed by atoms with E-state index in [0.717, 1.165) is 65.4 Å². The molecule has 0 saturated carbocycles. The van der Waals surface area contributed by atoms with Crippen molar-refractivity contribution >= 4 is 76.8 Å². The first kappa shape index (κ1) is 27.3. The molecule has 12 bridgehead atoms. The number of nitrogens with zero attached hydrogens (tertiary/aromatic N) is 6. The van der Waals surface area contributed by atoms with Crippen LogP contribution in [-0.4, -0.2) is 29.9 Å². The smallest absolute Gasteiger partial charge is 0.164 e. The average Bonchev–Trinajstić information content (AvgIpc) is 3.55. The predicted octanol–water partition coefficient (Wildman–Crippen LogP) is 10.2. The Balaban J connectivity index is 1.40. The van der Waals surface area contributed by atoms with Crippen LogP contribution in [0.3, 0.4) is 0 Å². The van der Waals surface area contributed by atoms with Gasteiger partial charge in [-0.05, 0) is 59.3 Å². The van der Waals surface area contributed by atoms with Crippen LogP contribution in [0.1, 0.15) is 0 Å². The zero-order valence-electron chi connectivity index (χ0n) is 25.9. The highest BCUT2D eigenvalue weighted by molar-refractivity contribution is 6.10. The van der Waals surface area contributed by atoms with Crippen molar-refractivity contribution in [3.8, 4) is 22.8 Å². The first-order valence-electron chi connectivity index (χ1n) is 16.0. The van der Waals surface area contributed by atoms with E-state index in [1.54, 1.807) is 0 Å². The zero-order chi connectivity index (χ0) is 32.3. The van der Waals surface area contributed by atoms with Gasteiger partial charge in [-0.1, -0.05) is 97.1 Å². The molecule has 0 N–H and O–H groups in total. The molecule has 0 aliphatic heterocycles. The van der Waals surface area contributed by atoms with Gasteiger partial charge < -0.3 is 4.42 Å². The topological polar surface area (TPSA) is 90.5 Å². The molecule has 10 aromatic rings. The molecule has 7 nitrogen and oxygen atoms in total. The van der Waals surface area contributed by atoms with E-state index in [1.807, 2.05) is 109 Å². The Morgan fingerprint density at radius 1 is 0.306 bits per heavy atom. The van der Waals surface area contributed by atoms with E-state index in [2.05, 4.69) is 36.4 Å². The van der Waals surface area contributed by atoms with Gasteiger partial charge in [-0.15, -0.1) is 0 Å². The summed E-state index contributed by atoms with van der Waals surface area (Å²) in [6.45, 7) is 0. The SMILES string of the molecule is c1ccc(-c2nc3nc(n2)c2ccc4oc5ccc(cc5c4c2)c2nc(-c4ccccc4)nc(n2)c2cccc(c2)c2cccc3c2)cc1. The Bertz CT molecular complexity index is 2790. The molecule has 0 fully saturated rings. The van der Waals surface area contributed by atoms with Gasteiger partial charge >= 0.3 is 0 Å². The van der Waals surface area contributed by atoms with Gasteiger partial charge in [0.05, 0.1) is 0 Å². The van der Waals surface area contributed by atoms with Crippen molar-refractivity contribution in [2.45, 2.75) is 0 Å². The lowest BCUT2D eigenvalue weighted by molar-refractivity contribution is 0.669. The molecule has 0 amide bonds. The molecule has 4 aromatic heterocycles. The second-order valence-electron chi connectivity index (χ2n) is 12.0. The quantitative estimate of drug-likeness (QED) is 0.188. The zero-order valence-corrected chi connectivity index (χ0v) is 25.9. The standard InChI is InChI=1S/C42H24N6O/c1-3-9-25(10-4-1)37-43-39-29-15-7-13-27(21-29)28-14-8-16-30(22-28)40-44-38(26-11-5-2-6-12-26)46-42(48-40)32-18-20-36-34(24-32)33-23-31(41(45-37)47-39)17-19-35(33)49-36/h1-24H. The third-order valence-corrected chi connectivity index (χ3v) is 8.90. The fraction of sp³-hybridized carbons (Fsp3) is 0. The summed E-state index contributed by atoms with van der Waals surface area (Å²) in [5.41, 5.74) is 5.73. The van der Waals surface area contributed by atoms with Gasteiger partial charge in [0.25, 0.3) is 0 Å². The highest BCUT2D eigenvalue weighted by Gasteiger charge is 2.12.